The summed E-state index contributed by atoms with van der Waals surface area (Å²) in [6.45, 7) is 8.30. The molecule has 3 N–H and O–H groups in total. The van der Waals surface area contributed by atoms with Crippen LogP contribution in [0.1, 0.15) is 43.2 Å². The van der Waals surface area contributed by atoms with E-state index < -0.39 is 6.10 Å². The second kappa shape index (κ2) is 12.2. The van der Waals surface area contributed by atoms with Crippen LogP contribution < -0.4 is 10.6 Å². The second-order valence-electron chi connectivity index (χ2n) is 7.44. The molecule has 0 saturated carbocycles. The lowest BCUT2D eigenvalue weighted by Crippen LogP contribution is -2.39. The van der Waals surface area contributed by atoms with Gasteiger partial charge >= 0.3 is 0 Å². The minimum absolute atomic E-state index is 0. The van der Waals surface area contributed by atoms with Gasteiger partial charge in [-0.25, -0.2) is 0 Å². The first-order valence-corrected chi connectivity index (χ1v) is 11.0. The van der Waals surface area contributed by atoms with Crippen molar-refractivity contribution in [3.8, 4) is 0 Å². The number of rotatable bonds is 8. The Morgan fingerprint density at radius 2 is 1.97 bits per heavy atom. The Balaban J connectivity index is 0.00000320. The first-order valence-electron chi connectivity index (χ1n) is 10.2. The Kier molecular flexibility index (Phi) is 10.0. The fraction of sp³-hybridized carbons (Fsp3) is 0.391. The van der Waals surface area contributed by atoms with Crippen LogP contribution in [-0.2, 0) is 0 Å². The number of benzene rings is 1. The van der Waals surface area contributed by atoms with Crippen molar-refractivity contribution in [2.75, 3.05) is 19.6 Å². The molecule has 5 nitrogen and oxygen atoms in total. The fourth-order valence-electron chi connectivity index (χ4n) is 3.29. The first kappa shape index (κ1) is 24.6. The van der Waals surface area contributed by atoms with E-state index in [2.05, 4.69) is 53.7 Å². The molecule has 30 heavy (non-hydrogen) atoms. The highest BCUT2D eigenvalue weighted by molar-refractivity contribution is 14.0. The molecule has 2 heterocycles. The Labute approximate surface area is 200 Å². The number of nitrogens with zero attached hydrogens (tertiary/aromatic N) is 2. The summed E-state index contributed by atoms with van der Waals surface area (Å²) < 4.78 is 1.19. The summed E-state index contributed by atoms with van der Waals surface area (Å²) in [6, 6.07) is 14.3. The molecular formula is C23H31IN4OS. The fourth-order valence-corrected chi connectivity index (χ4v) is 4.34. The van der Waals surface area contributed by atoms with E-state index in [1.54, 1.807) is 17.5 Å². The number of aliphatic imine (C=N–C) groups is 1. The van der Waals surface area contributed by atoms with E-state index in [9.17, 15) is 5.11 Å². The minimum Gasteiger partial charge on any atom is -0.386 e. The van der Waals surface area contributed by atoms with Gasteiger partial charge in [-0.15, -0.1) is 35.3 Å². The molecule has 3 aromatic rings. The average Bonchev–Trinajstić information content (AvgIpc) is 3.17. The van der Waals surface area contributed by atoms with Crippen LogP contribution in [0.3, 0.4) is 0 Å². The molecule has 0 fully saturated rings. The minimum atomic E-state index is -0.574. The Bertz CT molecular complexity index is 896. The largest absolute Gasteiger partial charge is 0.386 e. The van der Waals surface area contributed by atoms with E-state index in [1.165, 1.54) is 15.6 Å². The molecule has 0 bridgehead atoms. The van der Waals surface area contributed by atoms with Crippen LogP contribution >= 0.6 is 35.3 Å². The number of hydrogen-bond acceptors (Lipinski definition) is 4. The molecule has 0 saturated heterocycles. The Morgan fingerprint density at radius 3 is 2.63 bits per heavy atom. The molecule has 0 aliphatic rings. The maximum Gasteiger partial charge on any atom is 0.191 e. The number of pyridine rings is 1. The van der Waals surface area contributed by atoms with Crippen molar-refractivity contribution < 1.29 is 5.11 Å². The van der Waals surface area contributed by atoms with Gasteiger partial charge in [0.1, 0.15) is 6.10 Å². The van der Waals surface area contributed by atoms with Gasteiger partial charge in [0.05, 0.1) is 0 Å². The summed E-state index contributed by atoms with van der Waals surface area (Å²) in [5.41, 5.74) is 1.20. The standard InChI is InChI=1S/C23H30N4OS.HI/c1-4-25-23(26-14-19(16(2)3)18-9-7-11-24-13-18)27-15-20(28)22-12-17-8-5-6-10-21(17)29-22;/h5-13,16,19-20,28H,4,14-15H2,1-3H3,(H2,25,26,27);1H. The predicted octanol–water partition coefficient (Wildman–Crippen LogP) is 4.94. The molecule has 2 aromatic heterocycles. The van der Waals surface area contributed by atoms with E-state index in [-0.39, 0.29) is 24.0 Å². The van der Waals surface area contributed by atoms with Gasteiger partial charge in [0, 0.05) is 47.5 Å². The molecule has 3 rings (SSSR count). The van der Waals surface area contributed by atoms with Crippen LogP contribution in [0.2, 0.25) is 0 Å². The zero-order chi connectivity index (χ0) is 20.6. The van der Waals surface area contributed by atoms with E-state index in [0.717, 1.165) is 17.4 Å². The molecule has 2 atom stereocenters. The number of fused-ring (bicyclic) bond motifs is 1. The smallest absolute Gasteiger partial charge is 0.191 e. The van der Waals surface area contributed by atoms with E-state index in [0.29, 0.717) is 24.9 Å². The third kappa shape index (κ3) is 6.65. The van der Waals surface area contributed by atoms with Crippen LogP contribution in [0.4, 0.5) is 0 Å². The van der Waals surface area contributed by atoms with E-state index >= 15 is 0 Å². The predicted molar refractivity (Wildman–Crippen MR) is 138 cm³/mol. The number of nitrogens with one attached hydrogen (secondary N) is 2. The van der Waals surface area contributed by atoms with Gasteiger partial charge in [-0.05, 0) is 42.0 Å². The number of aromatic nitrogens is 1. The van der Waals surface area contributed by atoms with Crippen LogP contribution in [0.25, 0.3) is 10.1 Å². The lowest BCUT2D eigenvalue weighted by Gasteiger charge is -2.20. The van der Waals surface area contributed by atoms with Crippen LogP contribution in [-0.4, -0.2) is 35.7 Å². The van der Waals surface area contributed by atoms with Crippen molar-refractivity contribution in [2.45, 2.75) is 32.8 Å². The maximum atomic E-state index is 10.6. The number of guanidine groups is 1. The quantitative estimate of drug-likeness (QED) is 0.216. The molecule has 0 spiro atoms. The van der Waals surface area contributed by atoms with Crippen molar-refractivity contribution in [1.82, 2.24) is 15.6 Å². The number of thiophene rings is 1. The number of aliphatic hydroxyl groups excluding tert-OH is 1. The topological polar surface area (TPSA) is 69.5 Å². The summed E-state index contributed by atoms with van der Waals surface area (Å²) in [7, 11) is 0. The molecule has 0 aliphatic carbocycles. The highest BCUT2D eigenvalue weighted by Crippen LogP contribution is 2.29. The Hall–Kier alpha value is -1.71. The molecule has 0 aliphatic heterocycles. The number of hydrogen-bond donors (Lipinski definition) is 3. The van der Waals surface area contributed by atoms with Gasteiger partial charge in [-0.3, -0.25) is 9.98 Å². The third-order valence-corrected chi connectivity index (χ3v) is 6.16. The summed E-state index contributed by atoms with van der Waals surface area (Å²) in [6.07, 6.45) is 3.15. The van der Waals surface area contributed by atoms with Gasteiger partial charge in [-0.2, -0.15) is 0 Å². The molecular weight excluding hydrogens is 507 g/mol. The van der Waals surface area contributed by atoms with Crippen molar-refractivity contribution in [3.63, 3.8) is 0 Å². The molecule has 7 heteroatoms. The zero-order valence-electron chi connectivity index (χ0n) is 17.7. The SMILES string of the molecule is CCNC(=NCC(c1cccnc1)C(C)C)NCC(O)c1cc2ccccc2s1.I. The molecule has 1 aromatic carbocycles. The average molecular weight is 538 g/mol. The van der Waals surface area contributed by atoms with Crippen LogP contribution in [0.15, 0.2) is 59.9 Å². The van der Waals surface area contributed by atoms with Crippen LogP contribution in [0.5, 0.6) is 0 Å². The second-order valence-corrected chi connectivity index (χ2v) is 8.56. The van der Waals surface area contributed by atoms with Crippen molar-refractivity contribution in [1.29, 1.82) is 0 Å². The zero-order valence-corrected chi connectivity index (χ0v) is 20.9. The molecule has 0 radical (unpaired) electrons. The van der Waals surface area contributed by atoms with Gasteiger partial charge in [0.25, 0.3) is 0 Å². The van der Waals surface area contributed by atoms with Crippen molar-refractivity contribution in [2.24, 2.45) is 10.9 Å². The molecule has 162 valence electrons. The first-order chi connectivity index (χ1) is 14.1. The lowest BCUT2D eigenvalue weighted by atomic mass is 9.89. The summed E-state index contributed by atoms with van der Waals surface area (Å²) in [5.74, 6) is 1.48. The normalized spacial score (nSPS) is 13.7. The van der Waals surface area contributed by atoms with Gasteiger partial charge in [0.15, 0.2) is 5.96 Å². The van der Waals surface area contributed by atoms with Crippen molar-refractivity contribution >= 4 is 51.4 Å². The monoisotopic (exact) mass is 538 g/mol. The number of halogens is 1. The summed E-state index contributed by atoms with van der Waals surface area (Å²) in [4.78, 5) is 9.99. The van der Waals surface area contributed by atoms with Crippen LogP contribution in [0, 0.1) is 5.92 Å². The summed E-state index contributed by atoms with van der Waals surface area (Å²) >= 11 is 1.63. The van der Waals surface area contributed by atoms with E-state index in [1.807, 2.05) is 31.3 Å². The van der Waals surface area contributed by atoms with Gasteiger partial charge < -0.3 is 15.7 Å². The highest BCUT2D eigenvalue weighted by atomic mass is 127. The molecule has 2 unspecified atom stereocenters. The third-order valence-electron chi connectivity index (χ3n) is 4.94. The summed E-state index contributed by atoms with van der Waals surface area (Å²) in [5, 5.41) is 18.4. The Morgan fingerprint density at radius 1 is 1.17 bits per heavy atom. The highest BCUT2D eigenvalue weighted by Gasteiger charge is 2.17. The molecule has 0 amide bonds. The lowest BCUT2D eigenvalue weighted by molar-refractivity contribution is 0.184. The van der Waals surface area contributed by atoms with Gasteiger partial charge in [0.2, 0.25) is 0 Å². The van der Waals surface area contributed by atoms with Gasteiger partial charge in [-0.1, -0.05) is 38.1 Å². The number of aliphatic hydroxyl groups is 1. The van der Waals surface area contributed by atoms with E-state index in [4.69, 9.17) is 4.99 Å². The maximum absolute atomic E-state index is 10.6. The van der Waals surface area contributed by atoms with Crippen molar-refractivity contribution in [3.05, 3.63) is 65.3 Å².